The first-order valence-electron chi connectivity index (χ1n) is 5.79. The fourth-order valence-corrected chi connectivity index (χ4v) is 1.83. The Kier molecular flexibility index (Phi) is 5.41. The number of likely N-dealkylation sites (N-methyl/N-ethyl adjacent to an activating group) is 1. The average Bonchev–Trinajstić information content (AvgIpc) is 2.37. The summed E-state index contributed by atoms with van der Waals surface area (Å²) in [6.07, 6.45) is 0. The van der Waals surface area contributed by atoms with E-state index in [1.54, 1.807) is 7.11 Å². The molecule has 0 heterocycles. The zero-order chi connectivity index (χ0) is 12.8. The van der Waals surface area contributed by atoms with E-state index in [1.807, 2.05) is 31.3 Å². The zero-order valence-corrected chi connectivity index (χ0v) is 10.8. The maximum atomic E-state index is 8.96. The molecule has 0 amide bonds. The van der Waals surface area contributed by atoms with Gasteiger partial charge in [0.2, 0.25) is 0 Å². The molecule has 0 saturated heterocycles. The van der Waals surface area contributed by atoms with Crippen molar-refractivity contribution in [1.82, 2.24) is 4.90 Å². The van der Waals surface area contributed by atoms with E-state index in [4.69, 9.17) is 15.6 Å². The van der Waals surface area contributed by atoms with Crippen LogP contribution in [0.4, 0.5) is 0 Å². The monoisotopic (exact) mass is 238 g/mol. The van der Waals surface area contributed by atoms with Crippen molar-refractivity contribution in [3.63, 3.8) is 0 Å². The quantitative estimate of drug-likeness (QED) is 0.776. The molecular formula is C13H22N2O2. The Labute approximate surface area is 103 Å². The fraction of sp³-hybridized carbons (Fsp3) is 0.538. The number of ether oxygens (including phenoxy) is 1. The molecule has 1 rings (SSSR count). The Bertz CT molecular complexity index is 344. The van der Waals surface area contributed by atoms with Crippen LogP contribution in [0.15, 0.2) is 24.3 Å². The molecule has 0 aromatic heterocycles. The molecule has 0 aliphatic rings. The van der Waals surface area contributed by atoms with E-state index in [2.05, 4.69) is 11.8 Å². The van der Waals surface area contributed by atoms with Crippen molar-refractivity contribution in [2.75, 3.05) is 27.3 Å². The zero-order valence-electron chi connectivity index (χ0n) is 10.8. The first-order chi connectivity index (χ1) is 8.10. The Balaban J connectivity index is 2.77. The third kappa shape index (κ3) is 3.70. The number of benzene rings is 1. The van der Waals surface area contributed by atoms with E-state index in [0.717, 1.165) is 11.3 Å². The third-order valence-corrected chi connectivity index (χ3v) is 3.01. The minimum absolute atomic E-state index is 0.00296. The van der Waals surface area contributed by atoms with Crippen molar-refractivity contribution in [1.29, 1.82) is 0 Å². The van der Waals surface area contributed by atoms with Gasteiger partial charge < -0.3 is 15.6 Å². The highest BCUT2D eigenvalue weighted by Crippen LogP contribution is 2.27. The topological polar surface area (TPSA) is 58.7 Å². The number of rotatable bonds is 6. The number of methoxy groups -OCH3 is 1. The summed E-state index contributed by atoms with van der Waals surface area (Å²) in [5, 5.41) is 8.96. The summed E-state index contributed by atoms with van der Waals surface area (Å²) in [5.41, 5.74) is 6.86. The second-order valence-electron chi connectivity index (χ2n) is 4.30. The molecular weight excluding hydrogens is 216 g/mol. The summed E-state index contributed by atoms with van der Waals surface area (Å²) in [4.78, 5) is 2.11. The van der Waals surface area contributed by atoms with Crippen LogP contribution in [0.1, 0.15) is 18.5 Å². The maximum absolute atomic E-state index is 8.96. The SMILES string of the molecule is COc1ccccc1[C@H](C)N(C)CC(N)CO. The van der Waals surface area contributed by atoms with Gasteiger partial charge >= 0.3 is 0 Å². The minimum Gasteiger partial charge on any atom is -0.496 e. The Morgan fingerprint density at radius 3 is 2.65 bits per heavy atom. The molecule has 0 spiro atoms. The number of aliphatic hydroxyl groups excluding tert-OH is 1. The van der Waals surface area contributed by atoms with Crippen molar-refractivity contribution in [3.05, 3.63) is 29.8 Å². The third-order valence-electron chi connectivity index (χ3n) is 3.01. The highest BCUT2D eigenvalue weighted by molar-refractivity contribution is 5.35. The van der Waals surface area contributed by atoms with Crippen LogP contribution < -0.4 is 10.5 Å². The van der Waals surface area contributed by atoms with Gasteiger partial charge in [0.15, 0.2) is 0 Å². The molecule has 0 bridgehead atoms. The molecule has 0 fully saturated rings. The average molecular weight is 238 g/mol. The van der Waals surface area contributed by atoms with Crippen molar-refractivity contribution >= 4 is 0 Å². The van der Waals surface area contributed by atoms with Gasteiger partial charge in [-0.1, -0.05) is 18.2 Å². The van der Waals surface area contributed by atoms with E-state index in [9.17, 15) is 0 Å². The van der Waals surface area contributed by atoms with Gasteiger partial charge in [-0.15, -0.1) is 0 Å². The van der Waals surface area contributed by atoms with E-state index in [-0.39, 0.29) is 18.7 Å². The molecule has 96 valence electrons. The number of hydrogen-bond acceptors (Lipinski definition) is 4. The molecule has 3 N–H and O–H groups in total. The number of aliphatic hydroxyl groups is 1. The highest BCUT2D eigenvalue weighted by atomic mass is 16.5. The van der Waals surface area contributed by atoms with Crippen LogP contribution in [-0.2, 0) is 0 Å². The van der Waals surface area contributed by atoms with Gasteiger partial charge in [-0.3, -0.25) is 4.90 Å². The van der Waals surface area contributed by atoms with Crippen LogP contribution in [0, 0.1) is 0 Å². The molecule has 1 unspecified atom stereocenters. The second kappa shape index (κ2) is 6.59. The van der Waals surface area contributed by atoms with Gasteiger partial charge in [-0.2, -0.15) is 0 Å². The van der Waals surface area contributed by atoms with Crippen molar-refractivity contribution in [2.45, 2.75) is 19.0 Å². The maximum Gasteiger partial charge on any atom is 0.123 e. The summed E-state index contributed by atoms with van der Waals surface area (Å²) in [5.74, 6) is 0.879. The van der Waals surface area contributed by atoms with E-state index in [0.29, 0.717) is 6.54 Å². The lowest BCUT2D eigenvalue weighted by molar-refractivity contribution is 0.193. The normalized spacial score (nSPS) is 14.7. The van der Waals surface area contributed by atoms with E-state index >= 15 is 0 Å². The predicted octanol–water partition coefficient (Wildman–Crippen LogP) is 1.01. The summed E-state index contributed by atoms with van der Waals surface area (Å²) < 4.78 is 5.34. The van der Waals surface area contributed by atoms with Crippen molar-refractivity contribution < 1.29 is 9.84 Å². The van der Waals surface area contributed by atoms with Crippen LogP contribution in [0.25, 0.3) is 0 Å². The lowest BCUT2D eigenvalue weighted by atomic mass is 10.1. The molecule has 17 heavy (non-hydrogen) atoms. The molecule has 0 radical (unpaired) electrons. The molecule has 0 aliphatic heterocycles. The molecule has 0 saturated carbocycles. The smallest absolute Gasteiger partial charge is 0.123 e. The largest absolute Gasteiger partial charge is 0.496 e. The van der Waals surface area contributed by atoms with Gasteiger partial charge in [0.25, 0.3) is 0 Å². The number of hydrogen-bond donors (Lipinski definition) is 2. The van der Waals surface area contributed by atoms with Crippen LogP contribution in [0.2, 0.25) is 0 Å². The van der Waals surface area contributed by atoms with Crippen LogP contribution in [-0.4, -0.2) is 43.4 Å². The Morgan fingerprint density at radius 2 is 2.06 bits per heavy atom. The van der Waals surface area contributed by atoms with Crippen LogP contribution in [0.3, 0.4) is 0 Å². The van der Waals surface area contributed by atoms with Crippen molar-refractivity contribution in [3.8, 4) is 5.75 Å². The molecule has 2 atom stereocenters. The van der Waals surface area contributed by atoms with Gasteiger partial charge in [0, 0.05) is 24.2 Å². The van der Waals surface area contributed by atoms with E-state index in [1.165, 1.54) is 0 Å². The fourth-order valence-electron chi connectivity index (χ4n) is 1.83. The van der Waals surface area contributed by atoms with Gasteiger partial charge in [0.05, 0.1) is 13.7 Å². The number of nitrogens with two attached hydrogens (primary N) is 1. The lowest BCUT2D eigenvalue weighted by Crippen LogP contribution is -2.39. The number of para-hydroxylation sites is 1. The molecule has 0 aliphatic carbocycles. The summed E-state index contributed by atoms with van der Waals surface area (Å²) >= 11 is 0. The van der Waals surface area contributed by atoms with Gasteiger partial charge in [-0.05, 0) is 20.0 Å². The standard InChI is InChI=1S/C13H22N2O2/c1-10(15(2)8-11(14)9-16)12-6-4-5-7-13(12)17-3/h4-7,10-11,16H,8-9,14H2,1-3H3/t10-,11?/m0/s1. The summed E-state index contributed by atoms with van der Waals surface area (Å²) in [6.45, 7) is 2.75. The first-order valence-corrected chi connectivity index (χ1v) is 5.79. The highest BCUT2D eigenvalue weighted by Gasteiger charge is 2.17. The second-order valence-corrected chi connectivity index (χ2v) is 4.30. The Morgan fingerprint density at radius 1 is 1.41 bits per heavy atom. The van der Waals surface area contributed by atoms with E-state index < -0.39 is 0 Å². The Hall–Kier alpha value is -1.10. The predicted molar refractivity (Wildman–Crippen MR) is 69.1 cm³/mol. The van der Waals surface area contributed by atoms with Gasteiger partial charge in [-0.25, -0.2) is 0 Å². The van der Waals surface area contributed by atoms with Crippen molar-refractivity contribution in [2.24, 2.45) is 5.73 Å². The van der Waals surface area contributed by atoms with Crippen LogP contribution >= 0.6 is 0 Å². The molecule has 1 aromatic rings. The minimum atomic E-state index is -0.211. The molecule has 4 heteroatoms. The molecule has 4 nitrogen and oxygen atoms in total. The summed E-state index contributed by atoms with van der Waals surface area (Å²) in [6, 6.07) is 7.93. The van der Waals surface area contributed by atoms with Gasteiger partial charge in [0.1, 0.15) is 5.75 Å². The molecule has 1 aromatic carbocycles. The lowest BCUT2D eigenvalue weighted by Gasteiger charge is -2.28. The summed E-state index contributed by atoms with van der Waals surface area (Å²) in [7, 11) is 3.66. The van der Waals surface area contributed by atoms with Crippen LogP contribution in [0.5, 0.6) is 5.75 Å². The first kappa shape index (κ1) is 14.0. The number of nitrogens with zero attached hydrogens (tertiary/aromatic N) is 1.